The molecule has 1 aromatic heterocycles. The zero-order valence-corrected chi connectivity index (χ0v) is 13.1. The van der Waals surface area contributed by atoms with Crippen LogP contribution >= 0.6 is 11.3 Å². The lowest BCUT2D eigenvalue weighted by Gasteiger charge is -2.18. The first-order chi connectivity index (χ1) is 10.3. The summed E-state index contributed by atoms with van der Waals surface area (Å²) < 4.78 is 26.4. The minimum Gasteiger partial charge on any atom is -0.369 e. The first-order valence-electron chi connectivity index (χ1n) is 7.32. The molecule has 2 amide bonds. The molecule has 4 nitrogen and oxygen atoms in total. The van der Waals surface area contributed by atoms with Gasteiger partial charge in [-0.3, -0.25) is 9.59 Å². The second kappa shape index (κ2) is 5.01. The van der Waals surface area contributed by atoms with E-state index in [0.717, 1.165) is 17.7 Å². The number of nitrogens with zero attached hydrogens (tertiary/aromatic N) is 1. The zero-order valence-electron chi connectivity index (χ0n) is 12.3. The average Bonchev–Trinajstić information content (AvgIpc) is 2.98. The van der Waals surface area contributed by atoms with Gasteiger partial charge in [-0.15, -0.1) is 11.3 Å². The number of halogens is 2. The highest BCUT2D eigenvalue weighted by molar-refractivity contribution is 7.14. The highest BCUT2D eigenvalue weighted by Crippen LogP contribution is 2.56. The van der Waals surface area contributed by atoms with Crippen LogP contribution in [0.15, 0.2) is 12.1 Å². The molecule has 2 fully saturated rings. The summed E-state index contributed by atoms with van der Waals surface area (Å²) in [7, 11) is 0. The first kappa shape index (κ1) is 15.4. The summed E-state index contributed by atoms with van der Waals surface area (Å²) in [4.78, 5) is 26.4. The van der Waals surface area contributed by atoms with Crippen LogP contribution in [0.4, 0.5) is 8.78 Å². The highest BCUT2D eigenvalue weighted by Gasteiger charge is 2.53. The van der Waals surface area contributed by atoms with Crippen LogP contribution in [0.2, 0.25) is 0 Å². The van der Waals surface area contributed by atoms with Crippen molar-refractivity contribution >= 4 is 23.2 Å². The van der Waals surface area contributed by atoms with Crippen LogP contribution < -0.4 is 5.73 Å². The largest absolute Gasteiger partial charge is 0.369 e. The Labute approximate surface area is 131 Å². The molecular weight excluding hydrogens is 310 g/mol. The Balaban J connectivity index is 1.74. The summed E-state index contributed by atoms with van der Waals surface area (Å²) in [5.74, 6) is -3.49. The molecule has 120 valence electrons. The van der Waals surface area contributed by atoms with Gasteiger partial charge in [0, 0.05) is 23.8 Å². The molecule has 1 atom stereocenters. The van der Waals surface area contributed by atoms with Gasteiger partial charge in [0.05, 0.1) is 16.8 Å². The van der Waals surface area contributed by atoms with Gasteiger partial charge >= 0.3 is 0 Å². The lowest BCUT2D eigenvalue weighted by Crippen LogP contribution is -2.30. The third-order valence-electron chi connectivity index (χ3n) is 4.83. The van der Waals surface area contributed by atoms with Gasteiger partial charge in [-0.25, -0.2) is 8.78 Å². The van der Waals surface area contributed by atoms with Gasteiger partial charge in [-0.1, -0.05) is 6.92 Å². The average molecular weight is 328 g/mol. The van der Waals surface area contributed by atoms with Crippen LogP contribution in [0.3, 0.4) is 0 Å². The summed E-state index contributed by atoms with van der Waals surface area (Å²) in [5, 5.41) is 0. The smallest absolute Gasteiger partial charge is 0.267 e. The predicted octanol–water partition coefficient (Wildman–Crippen LogP) is 2.60. The van der Waals surface area contributed by atoms with E-state index in [0.29, 0.717) is 4.88 Å². The fourth-order valence-corrected chi connectivity index (χ4v) is 4.21. The van der Waals surface area contributed by atoms with E-state index < -0.39 is 17.9 Å². The standard InChI is InChI=1S/C15H18F2N2O2S/c1-9(14(4-5-14)13(18)21)10-2-3-11(22-10)12(20)19-7-6-15(16,17)8-19/h2-3,9H,4-8H2,1H3,(H2,18,21)/t9-/m0/s1. The molecule has 2 N–H and O–H groups in total. The summed E-state index contributed by atoms with van der Waals surface area (Å²) in [5.41, 5.74) is 4.98. The minimum atomic E-state index is -2.78. The monoisotopic (exact) mass is 328 g/mol. The maximum absolute atomic E-state index is 13.2. The van der Waals surface area contributed by atoms with E-state index in [4.69, 9.17) is 5.73 Å². The minimum absolute atomic E-state index is 0.0448. The maximum Gasteiger partial charge on any atom is 0.267 e. The third kappa shape index (κ3) is 2.51. The van der Waals surface area contributed by atoms with Gasteiger partial charge < -0.3 is 10.6 Å². The van der Waals surface area contributed by atoms with Crippen molar-refractivity contribution in [1.82, 2.24) is 4.90 Å². The molecule has 0 spiro atoms. The Morgan fingerprint density at radius 2 is 2.00 bits per heavy atom. The van der Waals surface area contributed by atoms with E-state index in [9.17, 15) is 18.4 Å². The molecule has 0 bridgehead atoms. The fraction of sp³-hybridized carbons (Fsp3) is 0.600. The van der Waals surface area contributed by atoms with Crippen LogP contribution in [-0.2, 0) is 4.79 Å². The molecule has 22 heavy (non-hydrogen) atoms. The van der Waals surface area contributed by atoms with E-state index in [1.807, 2.05) is 6.92 Å². The number of carbonyl (C=O) groups is 2. The van der Waals surface area contributed by atoms with Crippen molar-refractivity contribution in [2.45, 2.75) is 38.0 Å². The van der Waals surface area contributed by atoms with Crippen molar-refractivity contribution in [2.75, 3.05) is 13.1 Å². The molecular formula is C15H18F2N2O2S. The van der Waals surface area contributed by atoms with Crippen LogP contribution in [0.1, 0.15) is 46.7 Å². The summed E-state index contributed by atoms with van der Waals surface area (Å²) >= 11 is 1.28. The molecule has 3 rings (SSSR count). The van der Waals surface area contributed by atoms with Gasteiger partial charge in [-0.2, -0.15) is 0 Å². The number of likely N-dealkylation sites (tertiary alicyclic amines) is 1. The maximum atomic E-state index is 13.2. The molecule has 0 unspecified atom stereocenters. The number of hydrogen-bond acceptors (Lipinski definition) is 3. The predicted molar refractivity (Wildman–Crippen MR) is 79.1 cm³/mol. The third-order valence-corrected chi connectivity index (χ3v) is 6.09. The number of alkyl halides is 2. The summed E-state index contributed by atoms with van der Waals surface area (Å²) in [6, 6.07) is 3.46. The Morgan fingerprint density at radius 1 is 1.32 bits per heavy atom. The summed E-state index contributed by atoms with van der Waals surface area (Å²) in [6.45, 7) is 1.50. The number of nitrogens with two attached hydrogens (primary N) is 1. The van der Waals surface area contributed by atoms with Crippen LogP contribution in [0, 0.1) is 5.41 Å². The number of amides is 2. The number of thiophene rings is 1. The molecule has 2 heterocycles. The van der Waals surface area contributed by atoms with E-state index >= 15 is 0 Å². The van der Waals surface area contributed by atoms with Crippen molar-refractivity contribution in [3.63, 3.8) is 0 Å². The second-order valence-corrected chi connectivity index (χ2v) is 7.39. The van der Waals surface area contributed by atoms with E-state index in [1.165, 1.54) is 16.2 Å². The number of primary amides is 1. The van der Waals surface area contributed by atoms with Crippen LogP contribution in [0.25, 0.3) is 0 Å². The Bertz CT molecular complexity index is 625. The van der Waals surface area contributed by atoms with Crippen molar-refractivity contribution in [2.24, 2.45) is 11.1 Å². The lowest BCUT2D eigenvalue weighted by atomic mass is 9.89. The Morgan fingerprint density at radius 3 is 2.50 bits per heavy atom. The fourth-order valence-electron chi connectivity index (χ4n) is 3.07. The van der Waals surface area contributed by atoms with E-state index in [2.05, 4.69) is 0 Å². The second-order valence-electron chi connectivity index (χ2n) is 6.28. The number of hydrogen-bond donors (Lipinski definition) is 1. The molecule has 7 heteroatoms. The van der Waals surface area contributed by atoms with E-state index in [1.54, 1.807) is 12.1 Å². The van der Waals surface area contributed by atoms with E-state index in [-0.39, 0.29) is 30.7 Å². The zero-order chi connectivity index (χ0) is 16.1. The quantitative estimate of drug-likeness (QED) is 0.923. The molecule has 1 aromatic rings. The van der Waals surface area contributed by atoms with Crippen LogP contribution in [-0.4, -0.2) is 35.7 Å². The summed E-state index contributed by atoms with van der Waals surface area (Å²) in [6.07, 6.45) is 1.25. The highest BCUT2D eigenvalue weighted by atomic mass is 32.1. The number of carbonyl (C=O) groups excluding carboxylic acids is 2. The van der Waals surface area contributed by atoms with Gasteiger partial charge in [-0.05, 0) is 25.0 Å². The van der Waals surface area contributed by atoms with Gasteiger partial charge in [0.1, 0.15) is 0 Å². The Hall–Kier alpha value is -1.50. The molecule has 2 aliphatic rings. The SMILES string of the molecule is C[C@@H](c1ccc(C(=O)N2CCC(F)(F)C2)s1)C1(C(N)=O)CC1. The van der Waals surface area contributed by atoms with Crippen molar-refractivity contribution in [1.29, 1.82) is 0 Å². The lowest BCUT2D eigenvalue weighted by molar-refractivity contribution is -0.123. The molecule has 1 aliphatic heterocycles. The van der Waals surface area contributed by atoms with Crippen LogP contribution in [0.5, 0.6) is 0 Å². The molecule has 1 saturated heterocycles. The van der Waals surface area contributed by atoms with Crippen molar-refractivity contribution < 1.29 is 18.4 Å². The topological polar surface area (TPSA) is 63.4 Å². The normalized spacial score (nSPS) is 23.3. The molecule has 1 saturated carbocycles. The van der Waals surface area contributed by atoms with Gasteiger partial charge in [0.25, 0.3) is 11.8 Å². The number of rotatable bonds is 4. The van der Waals surface area contributed by atoms with Crippen molar-refractivity contribution in [3.8, 4) is 0 Å². The molecule has 1 aliphatic carbocycles. The molecule has 0 aromatic carbocycles. The molecule has 0 radical (unpaired) electrons. The van der Waals surface area contributed by atoms with Gasteiger partial charge in [0.2, 0.25) is 5.91 Å². The van der Waals surface area contributed by atoms with Crippen molar-refractivity contribution in [3.05, 3.63) is 21.9 Å². The Kier molecular flexibility index (Phi) is 3.51. The van der Waals surface area contributed by atoms with Gasteiger partial charge in [0.15, 0.2) is 0 Å². The first-order valence-corrected chi connectivity index (χ1v) is 8.14.